The van der Waals surface area contributed by atoms with Crippen LogP contribution < -0.4 is 14.8 Å². The van der Waals surface area contributed by atoms with E-state index >= 15 is 0 Å². The monoisotopic (exact) mass is 498 g/mol. The van der Waals surface area contributed by atoms with E-state index in [1.165, 1.54) is 13.0 Å². The van der Waals surface area contributed by atoms with Crippen LogP contribution >= 0.6 is 11.3 Å². The molecule has 1 heterocycles. The van der Waals surface area contributed by atoms with Crippen LogP contribution in [-0.4, -0.2) is 43.5 Å². The van der Waals surface area contributed by atoms with Crippen molar-refractivity contribution in [3.05, 3.63) is 65.2 Å². The molecule has 1 N–H and O–H groups in total. The number of sulfone groups is 1. The maximum absolute atomic E-state index is 12.4. The number of nitriles is 1. The Labute approximate surface area is 201 Å². The van der Waals surface area contributed by atoms with Crippen LogP contribution in [0, 0.1) is 18.3 Å². The first kappa shape index (κ1) is 24.9. The lowest BCUT2D eigenvalue weighted by atomic mass is 10.1. The number of aromatic nitrogens is 2. The number of hydrogen-bond donors (Lipinski definition) is 1. The SMILES string of the molecule is CCS(=O)(=O)c1nnc(NC(=O)C(C#N)=Cc2ccc(OCCOc3cccc(C)c3)cc2)s1. The zero-order chi connectivity index (χ0) is 24.6. The van der Waals surface area contributed by atoms with Gasteiger partial charge in [-0.3, -0.25) is 10.1 Å². The molecule has 1 amide bonds. The molecule has 0 aliphatic rings. The van der Waals surface area contributed by atoms with Crippen LogP contribution in [0.5, 0.6) is 11.5 Å². The van der Waals surface area contributed by atoms with Crippen molar-refractivity contribution in [2.45, 2.75) is 18.2 Å². The lowest BCUT2D eigenvalue weighted by Crippen LogP contribution is -2.13. The number of aryl methyl sites for hydroxylation is 1. The standard InChI is InChI=1S/C23H22N4O5S2/c1-3-34(29,30)23-27-26-22(33-23)25-21(28)18(15-24)14-17-7-9-19(10-8-17)31-11-12-32-20-6-4-5-16(2)13-20/h4-10,13-14H,3,11-12H2,1-2H3,(H,25,26,28). The summed E-state index contributed by atoms with van der Waals surface area (Å²) < 4.78 is 34.8. The number of nitrogens with zero attached hydrogens (tertiary/aromatic N) is 3. The van der Waals surface area contributed by atoms with E-state index in [2.05, 4.69) is 15.5 Å². The zero-order valence-corrected chi connectivity index (χ0v) is 20.1. The van der Waals surface area contributed by atoms with Crippen molar-refractivity contribution in [2.24, 2.45) is 0 Å². The minimum Gasteiger partial charge on any atom is -0.490 e. The van der Waals surface area contributed by atoms with Crippen LogP contribution in [0.4, 0.5) is 5.13 Å². The fourth-order valence-corrected chi connectivity index (χ4v) is 4.66. The molecule has 0 fully saturated rings. The van der Waals surface area contributed by atoms with E-state index in [4.69, 9.17) is 9.47 Å². The van der Waals surface area contributed by atoms with Crippen molar-refractivity contribution in [1.29, 1.82) is 5.26 Å². The molecule has 0 aliphatic carbocycles. The molecule has 0 aliphatic heterocycles. The molecule has 0 saturated heterocycles. The van der Waals surface area contributed by atoms with E-state index in [-0.39, 0.29) is 20.8 Å². The summed E-state index contributed by atoms with van der Waals surface area (Å²) in [6, 6.07) is 16.4. The largest absolute Gasteiger partial charge is 0.490 e. The number of rotatable bonds is 10. The molecular formula is C23H22N4O5S2. The summed E-state index contributed by atoms with van der Waals surface area (Å²) in [7, 11) is -3.52. The third-order valence-electron chi connectivity index (χ3n) is 4.44. The van der Waals surface area contributed by atoms with Crippen molar-refractivity contribution in [1.82, 2.24) is 10.2 Å². The smallest absolute Gasteiger partial charge is 0.268 e. The van der Waals surface area contributed by atoms with Gasteiger partial charge >= 0.3 is 0 Å². The van der Waals surface area contributed by atoms with Crippen LogP contribution in [0.3, 0.4) is 0 Å². The van der Waals surface area contributed by atoms with Gasteiger partial charge in [-0.2, -0.15) is 5.26 Å². The van der Waals surface area contributed by atoms with Crippen LogP contribution in [0.15, 0.2) is 58.4 Å². The quantitative estimate of drug-likeness (QED) is 0.194. The molecule has 0 spiro atoms. The van der Waals surface area contributed by atoms with Gasteiger partial charge in [-0.15, -0.1) is 10.2 Å². The first-order chi connectivity index (χ1) is 16.3. The Morgan fingerprint density at radius 3 is 2.47 bits per heavy atom. The van der Waals surface area contributed by atoms with Crippen molar-refractivity contribution in [2.75, 3.05) is 24.3 Å². The molecule has 2 aromatic carbocycles. The highest BCUT2D eigenvalue weighted by Gasteiger charge is 2.19. The minimum atomic E-state index is -3.52. The summed E-state index contributed by atoms with van der Waals surface area (Å²) in [5, 5.41) is 19.0. The molecule has 9 nitrogen and oxygen atoms in total. The Morgan fingerprint density at radius 1 is 1.12 bits per heavy atom. The fourth-order valence-electron chi connectivity index (χ4n) is 2.67. The van der Waals surface area contributed by atoms with Crippen LogP contribution in [0.25, 0.3) is 6.08 Å². The predicted octanol–water partition coefficient (Wildman–Crippen LogP) is 3.64. The highest BCUT2D eigenvalue weighted by atomic mass is 32.2. The van der Waals surface area contributed by atoms with Gasteiger partial charge in [-0.25, -0.2) is 8.42 Å². The van der Waals surface area contributed by atoms with Crippen molar-refractivity contribution in [3.63, 3.8) is 0 Å². The predicted molar refractivity (Wildman–Crippen MR) is 128 cm³/mol. The highest BCUT2D eigenvalue weighted by Crippen LogP contribution is 2.22. The Bertz CT molecular complexity index is 1330. The first-order valence-corrected chi connectivity index (χ1v) is 12.7. The van der Waals surface area contributed by atoms with Crippen LogP contribution in [-0.2, 0) is 14.6 Å². The number of hydrogen-bond acceptors (Lipinski definition) is 9. The third-order valence-corrected chi connectivity index (χ3v) is 7.46. The molecule has 3 rings (SSSR count). The van der Waals surface area contributed by atoms with Crippen molar-refractivity contribution >= 4 is 38.3 Å². The Kier molecular flexibility index (Phi) is 8.34. The second-order valence-corrected chi connectivity index (χ2v) is 10.4. The van der Waals surface area contributed by atoms with Gasteiger partial charge in [0.1, 0.15) is 36.4 Å². The topological polar surface area (TPSA) is 131 Å². The number of ether oxygens (including phenoxy) is 2. The minimum absolute atomic E-state index is 0.00481. The van der Waals surface area contributed by atoms with Crippen molar-refractivity contribution < 1.29 is 22.7 Å². The van der Waals surface area contributed by atoms with E-state index in [1.54, 1.807) is 24.3 Å². The summed E-state index contributed by atoms with van der Waals surface area (Å²) in [5.41, 5.74) is 1.56. The molecule has 176 valence electrons. The average Bonchev–Trinajstić information content (AvgIpc) is 3.30. The molecule has 0 radical (unpaired) electrons. The van der Waals surface area contributed by atoms with Crippen LogP contribution in [0.1, 0.15) is 18.1 Å². The normalized spacial score (nSPS) is 11.5. The Balaban J connectivity index is 1.55. The molecule has 34 heavy (non-hydrogen) atoms. The highest BCUT2D eigenvalue weighted by molar-refractivity contribution is 7.93. The maximum Gasteiger partial charge on any atom is 0.268 e. The molecule has 11 heteroatoms. The second-order valence-electron chi connectivity index (χ2n) is 6.98. The van der Waals surface area contributed by atoms with E-state index in [0.717, 1.165) is 22.6 Å². The van der Waals surface area contributed by atoms with Crippen molar-refractivity contribution in [3.8, 4) is 17.6 Å². The van der Waals surface area contributed by atoms with Gasteiger partial charge in [0.05, 0.1) is 5.75 Å². The second kappa shape index (κ2) is 11.4. The molecular weight excluding hydrogens is 476 g/mol. The summed E-state index contributed by atoms with van der Waals surface area (Å²) in [6.07, 6.45) is 1.41. The van der Waals surface area contributed by atoms with Gasteiger partial charge in [0.25, 0.3) is 5.91 Å². The maximum atomic E-state index is 12.4. The molecule has 0 unspecified atom stereocenters. The summed E-state index contributed by atoms with van der Waals surface area (Å²) >= 11 is 0.732. The summed E-state index contributed by atoms with van der Waals surface area (Å²) in [6.45, 7) is 4.22. The fraction of sp³-hybridized carbons (Fsp3) is 0.217. The Hall–Kier alpha value is -3.75. The first-order valence-electron chi connectivity index (χ1n) is 10.2. The lowest BCUT2D eigenvalue weighted by molar-refractivity contribution is -0.112. The Morgan fingerprint density at radius 2 is 1.82 bits per heavy atom. The third kappa shape index (κ3) is 6.87. The number of amides is 1. The van der Waals surface area contributed by atoms with E-state index in [9.17, 15) is 18.5 Å². The molecule has 0 atom stereocenters. The molecule has 1 aromatic heterocycles. The zero-order valence-electron chi connectivity index (χ0n) is 18.5. The number of carbonyl (C=O) groups is 1. The average molecular weight is 499 g/mol. The van der Waals surface area contributed by atoms with Gasteiger partial charge in [0, 0.05) is 0 Å². The number of anilines is 1. The van der Waals surface area contributed by atoms with E-state index in [1.807, 2.05) is 37.3 Å². The summed E-state index contributed by atoms with van der Waals surface area (Å²) in [5.74, 6) is 0.556. The number of carbonyl (C=O) groups excluding carboxylic acids is 1. The van der Waals surface area contributed by atoms with Gasteiger partial charge in [0.15, 0.2) is 0 Å². The molecule has 0 bridgehead atoms. The van der Waals surface area contributed by atoms with Crippen LogP contribution in [0.2, 0.25) is 0 Å². The van der Waals surface area contributed by atoms with Gasteiger partial charge in [-0.05, 0) is 48.4 Å². The molecule has 0 saturated carbocycles. The lowest BCUT2D eigenvalue weighted by Gasteiger charge is -2.09. The van der Waals surface area contributed by atoms with Gasteiger partial charge < -0.3 is 9.47 Å². The number of nitrogens with one attached hydrogen (secondary N) is 1. The van der Waals surface area contributed by atoms with Gasteiger partial charge in [-0.1, -0.05) is 42.5 Å². The molecule has 3 aromatic rings. The van der Waals surface area contributed by atoms with E-state index in [0.29, 0.717) is 24.5 Å². The number of benzene rings is 2. The van der Waals surface area contributed by atoms with Gasteiger partial charge in [0.2, 0.25) is 19.3 Å². The summed E-state index contributed by atoms with van der Waals surface area (Å²) in [4.78, 5) is 12.4. The van der Waals surface area contributed by atoms with E-state index < -0.39 is 15.7 Å².